The molecule has 3 N–H and O–H groups in total. The van der Waals surface area contributed by atoms with Gasteiger partial charge in [-0.15, -0.1) is 11.3 Å². The Balaban J connectivity index is 2.87. The Bertz CT molecular complexity index is 442. The fourth-order valence-electron chi connectivity index (χ4n) is 1.16. The highest BCUT2D eigenvalue weighted by Gasteiger charge is 2.22. The van der Waals surface area contributed by atoms with E-state index in [4.69, 9.17) is 17.3 Å². The van der Waals surface area contributed by atoms with Gasteiger partial charge in [-0.3, -0.25) is 0 Å². The molecule has 16 heavy (non-hydrogen) atoms. The monoisotopic (exact) mass is 282 g/mol. The maximum Gasteiger partial charge on any atom is 0.250 e. The van der Waals surface area contributed by atoms with Gasteiger partial charge in [-0.05, 0) is 18.1 Å². The molecule has 1 heterocycles. The van der Waals surface area contributed by atoms with Crippen LogP contribution in [0, 0.1) is 5.92 Å². The maximum absolute atomic E-state index is 11.9. The Hall–Kier alpha value is -0.140. The second kappa shape index (κ2) is 5.46. The molecule has 4 nitrogen and oxygen atoms in total. The first kappa shape index (κ1) is 13.9. The third-order valence-electron chi connectivity index (χ3n) is 2.18. The Morgan fingerprint density at radius 3 is 2.50 bits per heavy atom. The largest absolute Gasteiger partial charge is 0.329 e. The molecule has 0 saturated carbocycles. The molecular weight excluding hydrogens is 268 g/mol. The summed E-state index contributed by atoms with van der Waals surface area (Å²) in [5.74, 6) is 0.148. The van der Waals surface area contributed by atoms with Crippen molar-refractivity contribution in [3.8, 4) is 0 Å². The molecule has 1 unspecified atom stereocenters. The highest BCUT2D eigenvalue weighted by molar-refractivity contribution is 7.91. The third-order valence-corrected chi connectivity index (χ3v) is 5.39. The molecule has 1 rings (SSSR count). The average Bonchev–Trinajstić information content (AvgIpc) is 2.61. The molecule has 1 atom stereocenters. The van der Waals surface area contributed by atoms with Crippen molar-refractivity contribution in [3.05, 3.63) is 16.5 Å². The summed E-state index contributed by atoms with van der Waals surface area (Å²) in [5, 5.41) is 0. The van der Waals surface area contributed by atoms with Gasteiger partial charge >= 0.3 is 0 Å². The standard InChI is InChI=1S/C9H15ClN2O2S2/c1-6(2)7(5-11)12-16(13,14)9-4-3-8(10)15-9/h3-4,6-7,12H,5,11H2,1-2H3. The second-order valence-corrected chi connectivity index (χ2v) is 7.42. The number of halogens is 1. The van der Waals surface area contributed by atoms with Crippen LogP contribution in [0.1, 0.15) is 13.8 Å². The summed E-state index contributed by atoms with van der Waals surface area (Å²) < 4.78 is 27.1. The van der Waals surface area contributed by atoms with Crippen LogP contribution in [0.2, 0.25) is 4.34 Å². The summed E-state index contributed by atoms with van der Waals surface area (Å²) in [6, 6.07) is 2.79. The highest BCUT2D eigenvalue weighted by atomic mass is 35.5. The summed E-state index contributed by atoms with van der Waals surface area (Å²) in [6.07, 6.45) is 0. The molecule has 0 aliphatic rings. The minimum Gasteiger partial charge on any atom is -0.329 e. The Morgan fingerprint density at radius 2 is 2.12 bits per heavy atom. The Kier molecular flexibility index (Phi) is 4.75. The van der Waals surface area contributed by atoms with Crippen molar-refractivity contribution in [2.24, 2.45) is 11.7 Å². The van der Waals surface area contributed by atoms with Crippen molar-refractivity contribution in [3.63, 3.8) is 0 Å². The number of nitrogens with two attached hydrogens (primary N) is 1. The predicted molar refractivity (Wildman–Crippen MR) is 67.3 cm³/mol. The van der Waals surface area contributed by atoms with Crippen LogP contribution in [0.15, 0.2) is 16.3 Å². The van der Waals surface area contributed by atoms with Gasteiger partial charge in [-0.2, -0.15) is 0 Å². The molecule has 0 radical (unpaired) electrons. The van der Waals surface area contributed by atoms with Crippen LogP contribution in [0.3, 0.4) is 0 Å². The first-order chi connectivity index (χ1) is 7.36. The SMILES string of the molecule is CC(C)C(CN)NS(=O)(=O)c1ccc(Cl)s1. The smallest absolute Gasteiger partial charge is 0.250 e. The number of hydrogen-bond acceptors (Lipinski definition) is 4. The molecule has 0 aliphatic heterocycles. The van der Waals surface area contributed by atoms with E-state index in [1.807, 2.05) is 13.8 Å². The molecule has 0 fully saturated rings. The van der Waals surface area contributed by atoms with Crippen molar-refractivity contribution in [1.29, 1.82) is 0 Å². The predicted octanol–water partition coefficient (Wildman–Crippen LogP) is 1.66. The van der Waals surface area contributed by atoms with Crippen LogP contribution >= 0.6 is 22.9 Å². The molecule has 0 aromatic carbocycles. The minimum absolute atomic E-state index is 0.148. The van der Waals surface area contributed by atoms with Crippen molar-refractivity contribution in [2.75, 3.05) is 6.54 Å². The molecule has 92 valence electrons. The van der Waals surface area contributed by atoms with Crippen molar-refractivity contribution in [1.82, 2.24) is 4.72 Å². The van der Waals surface area contributed by atoms with Crippen molar-refractivity contribution < 1.29 is 8.42 Å². The van der Waals surface area contributed by atoms with Gasteiger partial charge in [0.15, 0.2) is 0 Å². The zero-order valence-electron chi connectivity index (χ0n) is 9.10. The number of hydrogen-bond donors (Lipinski definition) is 2. The summed E-state index contributed by atoms with van der Waals surface area (Å²) in [7, 11) is -3.49. The molecule has 0 aliphatic carbocycles. The lowest BCUT2D eigenvalue weighted by atomic mass is 10.1. The quantitative estimate of drug-likeness (QED) is 0.863. The lowest BCUT2D eigenvalue weighted by Gasteiger charge is -2.19. The van der Waals surface area contributed by atoms with E-state index in [1.165, 1.54) is 6.07 Å². The maximum atomic E-state index is 11.9. The number of nitrogens with one attached hydrogen (secondary N) is 1. The first-order valence-corrected chi connectivity index (χ1v) is 7.52. The number of rotatable bonds is 5. The molecule has 1 aromatic rings. The van der Waals surface area contributed by atoms with E-state index in [0.717, 1.165) is 11.3 Å². The third kappa shape index (κ3) is 3.43. The van der Waals surface area contributed by atoms with Gasteiger partial charge in [-0.25, -0.2) is 13.1 Å². The van der Waals surface area contributed by atoms with E-state index in [-0.39, 0.29) is 22.7 Å². The second-order valence-electron chi connectivity index (χ2n) is 3.77. The molecular formula is C9H15ClN2O2S2. The molecule has 0 bridgehead atoms. The van der Waals surface area contributed by atoms with E-state index in [9.17, 15) is 8.42 Å². The van der Waals surface area contributed by atoms with Gasteiger partial charge in [0.05, 0.1) is 4.34 Å². The zero-order valence-corrected chi connectivity index (χ0v) is 11.5. The van der Waals surface area contributed by atoms with Crippen LogP contribution in [-0.4, -0.2) is 21.0 Å². The fourth-order valence-corrected chi connectivity index (χ4v) is 4.05. The number of sulfonamides is 1. The lowest BCUT2D eigenvalue weighted by Crippen LogP contribution is -2.43. The van der Waals surface area contributed by atoms with E-state index in [2.05, 4.69) is 4.72 Å². The molecule has 0 spiro atoms. The normalized spacial score (nSPS) is 14.3. The van der Waals surface area contributed by atoms with Gasteiger partial charge < -0.3 is 5.73 Å². The van der Waals surface area contributed by atoms with Crippen LogP contribution in [0.25, 0.3) is 0 Å². The van der Waals surface area contributed by atoms with Gasteiger partial charge in [0.1, 0.15) is 4.21 Å². The zero-order chi connectivity index (χ0) is 12.3. The van der Waals surface area contributed by atoms with Crippen LogP contribution in [0.5, 0.6) is 0 Å². The van der Waals surface area contributed by atoms with E-state index >= 15 is 0 Å². The summed E-state index contributed by atoms with van der Waals surface area (Å²) in [5.41, 5.74) is 5.51. The Morgan fingerprint density at radius 1 is 1.50 bits per heavy atom. The van der Waals surface area contributed by atoms with Crippen LogP contribution in [0.4, 0.5) is 0 Å². The first-order valence-electron chi connectivity index (χ1n) is 4.84. The minimum atomic E-state index is -3.49. The van der Waals surface area contributed by atoms with Gasteiger partial charge in [0.25, 0.3) is 0 Å². The molecule has 0 saturated heterocycles. The summed E-state index contributed by atoms with van der Waals surface area (Å²) >= 11 is 6.73. The molecule has 7 heteroatoms. The average molecular weight is 283 g/mol. The van der Waals surface area contributed by atoms with Crippen LogP contribution < -0.4 is 10.5 Å². The Labute approximate surface area is 105 Å². The fraction of sp³-hybridized carbons (Fsp3) is 0.556. The van der Waals surface area contributed by atoms with E-state index < -0.39 is 10.0 Å². The van der Waals surface area contributed by atoms with Gasteiger partial charge in [0, 0.05) is 12.6 Å². The van der Waals surface area contributed by atoms with E-state index in [0.29, 0.717) is 4.34 Å². The number of thiophene rings is 1. The van der Waals surface area contributed by atoms with Crippen LogP contribution in [-0.2, 0) is 10.0 Å². The van der Waals surface area contributed by atoms with Gasteiger partial charge in [0.2, 0.25) is 10.0 Å². The molecule has 0 amide bonds. The molecule has 1 aromatic heterocycles. The topological polar surface area (TPSA) is 72.2 Å². The summed E-state index contributed by atoms with van der Waals surface area (Å²) in [4.78, 5) is 0. The van der Waals surface area contributed by atoms with E-state index in [1.54, 1.807) is 6.07 Å². The highest BCUT2D eigenvalue weighted by Crippen LogP contribution is 2.25. The lowest BCUT2D eigenvalue weighted by molar-refractivity contribution is 0.455. The van der Waals surface area contributed by atoms with Crippen molar-refractivity contribution in [2.45, 2.75) is 24.1 Å². The van der Waals surface area contributed by atoms with Gasteiger partial charge in [-0.1, -0.05) is 25.4 Å². The summed E-state index contributed by atoms with van der Waals surface area (Å²) in [6.45, 7) is 4.11. The van der Waals surface area contributed by atoms with Crippen molar-refractivity contribution >= 4 is 33.0 Å².